The van der Waals surface area contributed by atoms with Gasteiger partial charge in [0.2, 0.25) is 11.8 Å². The van der Waals surface area contributed by atoms with Crippen molar-refractivity contribution >= 4 is 23.6 Å². The molecule has 7 nitrogen and oxygen atoms in total. The second-order valence-corrected chi connectivity index (χ2v) is 9.08. The highest BCUT2D eigenvalue weighted by Gasteiger charge is 2.47. The van der Waals surface area contributed by atoms with Crippen molar-refractivity contribution < 1.29 is 14.4 Å². The molecule has 3 amide bonds. The molecule has 32 heavy (non-hydrogen) atoms. The standard InChI is InChI=1S/C25H30N4O3/c1-18-12-13-29-21(14-18)27-22(30)15-25(29,2)24(32)28(16-19-8-4-3-5-9-19)17-23(31)26-20-10-6-7-11-20/h3-5,8-9,12-14,20H,6-7,10-11,15-17H2,1-2H3,(H,26,31)/t25-/m1/s1. The number of aliphatic imine (C=N–C) groups is 1. The van der Waals surface area contributed by atoms with Crippen molar-refractivity contribution in [3.8, 4) is 0 Å². The highest BCUT2D eigenvalue weighted by molar-refractivity contribution is 6.10. The zero-order valence-corrected chi connectivity index (χ0v) is 18.7. The Morgan fingerprint density at radius 1 is 1.22 bits per heavy atom. The van der Waals surface area contributed by atoms with E-state index in [-0.39, 0.29) is 36.7 Å². The molecule has 1 aromatic rings. The summed E-state index contributed by atoms with van der Waals surface area (Å²) in [6.07, 6.45) is 9.66. The first-order chi connectivity index (χ1) is 15.3. The smallest absolute Gasteiger partial charge is 0.250 e. The van der Waals surface area contributed by atoms with E-state index in [1.807, 2.05) is 43.3 Å². The predicted octanol–water partition coefficient (Wildman–Crippen LogP) is 2.94. The number of amides is 3. The van der Waals surface area contributed by atoms with Crippen LogP contribution in [-0.4, -0.2) is 51.5 Å². The van der Waals surface area contributed by atoms with Crippen molar-refractivity contribution in [2.24, 2.45) is 4.99 Å². The van der Waals surface area contributed by atoms with Gasteiger partial charge in [0.15, 0.2) is 0 Å². The summed E-state index contributed by atoms with van der Waals surface area (Å²) >= 11 is 0. The number of hydrogen-bond donors (Lipinski definition) is 1. The van der Waals surface area contributed by atoms with Gasteiger partial charge < -0.3 is 15.1 Å². The first kappa shape index (κ1) is 22.0. The van der Waals surface area contributed by atoms with Gasteiger partial charge in [0.1, 0.15) is 11.4 Å². The number of nitrogens with zero attached hydrogens (tertiary/aromatic N) is 3. The lowest BCUT2D eigenvalue weighted by molar-refractivity contribution is -0.146. The summed E-state index contributed by atoms with van der Waals surface area (Å²) in [7, 11) is 0. The monoisotopic (exact) mass is 434 g/mol. The molecule has 7 heteroatoms. The van der Waals surface area contributed by atoms with Crippen LogP contribution >= 0.6 is 0 Å². The molecule has 0 aromatic heterocycles. The van der Waals surface area contributed by atoms with Crippen molar-refractivity contribution in [1.29, 1.82) is 0 Å². The molecule has 168 valence electrons. The minimum Gasteiger partial charge on any atom is -0.352 e. The minimum absolute atomic E-state index is 0.0396. The van der Waals surface area contributed by atoms with E-state index in [1.54, 1.807) is 29.0 Å². The van der Waals surface area contributed by atoms with E-state index in [1.165, 1.54) is 0 Å². The molecule has 0 radical (unpaired) electrons. The predicted molar refractivity (Wildman–Crippen MR) is 122 cm³/mol. The maximum Gasteiger partial charge on any atom is 0.250 e. The number of amidine groups is 1. The van der Waals surface area contributed by atoms with Gasteiger partial charge in [-0.3, -0.25) is 14.4 Å². The number of rotatable bonds is 6. The molecule has 2 heterocycles. The molecule has 3 aliphatic rings. The average Bonchev–Trinajstić information content (AvgIpc) is 3.25. The van der Waals surface area contributed by atoms with E-state index in [4.69, 9.17) is 0 Å². The molecule has 1 N–H and O–H groups in total. The molecule has 1 aliphatic carbocycles. The van der Waals surface area contributed by atoms with Gasteiger partial charge in [-0.15, -0.1) is 0 Å². The maximum absolute atomic E-state index is 13.9. The Balaban J connectivity index is 1.59. The van der Waals surface area contributed by atoms with Crippen molar-refractivity contribution in [2.75, 3.05) is 6.54 Å². The Morgan fingerprint density at radius 3 is 2.66 bits per heavy atom. The molecule has 4 rings (SSSR count). The van der Waals surface area contributed by atoms with E-state index in [0.717, 1.165) is 36.8 Å². The van der Waals surface area contributed by atoms with Gasteiger partial charge in [-0.1, -0.05) is 43.2 Å². The Bertz CT molecular complexity index is 992. The van der Waals surface area contributed by atoms with Gasteiger partial charge in [0, 0.05) is 18.8 Å². The number of carbonyl (C=O) groups is 3. The summed E-state index contributed by atoms with van der Waals surface area (Å²) in [5.41, 5.74) is 0.741. The molecular weight excluding hydrogens is 404 g/mol. The van der Waals surface area contributed by atoms with E-state index in [9.17, 15) is 14.4 Å². The number of benzene rings is 1. The Labute approximate surface area is 188 Å². The Morgan fingerprint density at radius 2 is 1.94 bits per heavy atom. The van der Waals surface area contributed by atoms with Crippen LogP contribution < -0.4 is 5.32 Å². The topological polar surface area (TPSA) is 82.1 Å². The largest absolute Gasteiger partial charge is 0.352 e. The van der Waals surface area contributed by atoms with Gasteiger partial charge in [-0.25, -0.2) is 0 Å². The van der Waals surface area contributed by atoms with Crippen LogP contribution in [0.25, 0.3) is 0 Å². The van der Waals surface area contributed by atoms with Gasteiger partial charge >= 0.3 is 0 Å². The van der Waals surface area contributed by atoms with Crippen LogP contribution in [0.4, 0.5) is 0 Å². The molecular formula is C25H30N4O3. The lowest BCUT2D eigenvalue weighted by Gasteiger charge is -2.44. The Hall–Kier alpha value is -3.22. The fourth-order valence-electron chi connectivity index (χ4n) is 4.68. The molecule has 0 bridgehead atoms. The van der Waals surface area contributed by atoms with E-state index < -0.39 is 5.54 Å². The van der Waals surface area contributed by atoms with Gasteiger partial charge in [-0.2, -0.15) is 4.99 Å². The molecule has 1 atom stereocenters. The molecule has 2 aliphatic heterocycles. The zero-order chi connectivity index (χ0) is 22.7. The number of carbonyl (C=O) groups excluding carboxylic acids is 3. The SMILES string of the molecule is CC1=CC2=NC(=O)C[C@](C)(C(=O)N(CC(=O)NC3CCCC3)Cc3ccccc3)N2C=C1. The fraction of sp³-hybridized carbons (Fsp3) is 0.440. The van der Waals surface area contributed by atoms with Gasteiger partial charge in [-0.05, 0) is 50.0 Å². The summed E-state index contributed by atoms with van der Waals surface area (Å²) < 4.78 is 0. The molecule has 1 fully saturated rings. The van der Waals surface area contributed by atoms with Crippen molar-refractivity contribution in [3.05, 3.63) is 59.8 Å². The van der Waals surface area contributed by atoms with Crippen LogP contribution in [0.3, 0.4) is 0 Å². The highest BCUT2D eigenvalue weighted by Crippen LogP contribution is 2.31. The van der Waals surface area contributed by atoms with Crippen molar-refractivity contribution in [2.45, 2.75) is 64.1 Å². The molecule has 0 unspecified atom stereocenters. The summed E-state index contributed by atoms with van der Waals surface area (Å²) in [5.74, 6) is -0.291. The number of hydrogen-bond acceptors (Lipinski definition) is 4. The lowest BCUT2D eigenvalue weighted by atomic mass is 9.89. The molecule has 0 spiro atoms. The second kappa shape index (κ2) is 9.10. The van der Waals surface area contributed by atoms with Crippen LogP contribution in [0, 0.1) is 0 Å². The zero-order valence-electron chi connectivity index (χ0n) is 18.7. The minimum atomic E-state index is -1.15. The summed E-state index contributed by atoms with van der Waals surface area (Å²) in [4.78, 5) is 46.7. The number of fused-ring (bicyclic) bond motifs is 1. The average molecular weight is 435 g/mol. The number of allylic oxidation sites excluding steroid dienone is 2. The third-order valence-electron chi connectivity index (χ3n) is 6.38. The third kappa shape index (κ3) is 4.66. The lowest BCUT2D eigenvalue weighted by Crippen LogP contribution is -2.61. The van der Waals surface area contributed by atoms with Crippen LogP contribution in [0.1, 0.15) is 51.5 Å². The van der Waals surface area contributed by atoms with Crippen LogP contribution in [-0.2, 0) is 20.9 Å². The molecule has 1 saturated carbocycles. The molecule has 1 aromatic carbocycles. The third-order valence-corrected chi connectivity index (χ3v) is 6.38. The normalized spacial score (nSPS) is 22.8. The van der Waals surface area contributed by atoms with Crippen molar-refractivity contribution in [3.63, 3.8) is 0 Å². The first-order valence-electron chi connectivity index (χ1n) is 11.3. The van der Waals surface area contributed by atoms with E-state index in [2.05, 4.69) is 10.3 Å². The van der Waals surface area contributed by atoms with Crippen LogP contribution in [0.15, 0.2) is 59.2 Å². The molecule has 0 saturated heterocycles. The highest BCUT2D eigenvalue weighted by atomic mass is 16.2. The Kier molecular flexibility index (Phi) is 6.26. The van der Waals surface area contributed by atoms with E-state index in [0.29, 0.717) is 12.4 Å². The van der Waals surface area contributed by atoms with Crippen molar-refractivity contribution in [1.82, 2.24) is 15.1 Å². The quantitative estimate of drug-likeness (QED) is 0.746. The fourth-order valence-corrected chi connectivity index (χ4v) is 4.68. The van der Waals surface area contributed by atoms with E-state index >= 15 is 0 Å². The maximum atomic E-state index is 13.9. The number of nitrogens with one attached hydrogen (secondary N) is 1. The van der Waals surface area contributed by atoms with Crippen LogP contribution in [0.5, 0.6) is 0 Å². The second-order valence-electron chi connectivity index (χ2n) is 9.08. The van der Waals surface area contributed by atoms with Gasteiger partial charge in [0.05, 0.1) is 13.0 Å². The summed E-state index contributed by atoms with van der Waals surface area (Å²) in [6, 6.07) is 9.79. The first-order valence-corrected chi connectivity index (χ1v) is 11.3. The summed E-state index contributed by atoms with van der Waals surface area (Å²) in [5, 5.41) is 3.08. The summed E-state index contributed by atoms with van der Waals surface area (Å²) in [6.45, 7) is 3.92. The van der Waals surface area contributed by atoms with Gasteiger partial charge in [0.25, 0.3) is 5.91 Å². The van der Waals surface area contributed by atoms with Crippen LogP contribution in [0.2, 0.25) is 0 Å².